The second-order valence-corrected chi connectivity index (χ2v) is 2.19. The van der Waals surface area contributed by atoms with Crippen molar-refractivity contribution >= 4 is 23.6 Å². The summed E-state index contributed by atoms with van der Waals surface area (Å²) in [5.41, 5.74) is -2.11. The van der Waals surface area contributed by atoms with Crippen LogP contribution in [0.4, 0.5) is 0 Å². The van der Waals surface area contributed by atoms with Crippen LogP contribution in [0.1, 0.15) is 0 Å². The van der Waals surface area contributed by atoms with E-state index in [1.54, 1.807) is 0 Å². The maximum Gasteiger partial charge on any atom is 0.136 e. The normalized spacial score (nSPS) is 18.7. The zero-order chi connectivity index (χ0) is 8.22. The summed E-state index contributed by atoms with van der Waals surface area (Å²) in [6.07, 6.45) is 0. The van der Waals surface area contributed by atoms with Crippen molar-refractivity contribution in [1.82, 2.24) is 0 Å². The monoisotopic (exact) mass is 360 g/mol. The van der Waals surface area contributed by atoms with Gasteiger partial charge in [-0.1, -0.05) is 0 Å². The van der Waals surface area contributed by atoms with Gasteiger partial charge >= 0.3 is 0 Å². The summed E-state index contributed by atoms with van der Waals surface area (Å²) in [6.45, 7) is 0. The van der Waals surface area contributed by atoms with Crippen molar-refractivity contribution in [3.63, 3.8) is 0 Å². The van der Waals surface area contributed by atoms with Crippen LogP contribution in [-0.2, 0) is 84.6 Å². The Balaban J connectivity index is -0.000000360. The second kappa shape index (κ2) is 6.28. The summed E-state index contributed by atoms with van der Waals surface area (Å²) >= 11 is 0. The van der Waals surface area contributed by atoms with Crippen LogP contribution in [0.25, 0.3) is 10.6 Å². The molecule has 0 saturated carbocycles. The van der Waals surface area contributed by atoms with Crippen LogP contribution in [0.15, 0.2) is 0 Å². The van der Waals surface area contributed by atoms with Gasteiger partial charge < -0.3 is 44.7 Å². The predicted octanol–water partition coefficient (Wildman–Crippen LogP) is -0.251. The van der Waals surface area contributed by atoms with Crippen molar-refractivity contribution in [2.45, 2.75) is 0 Å². The largest absolute Gasteiger partial charge is 0.593 e. The number of β-lactam (4-membered cyclic amide) rings is 4. The Hall–Kier alpha value is 0.488. The number of imide groups is 2. The van der Waals surface area contributed by atoms with E-state index in [1.807, 2.05) is 0 Å². The smallest absolute Gasteiger partial charge is 0.136 e. The van der Waals surface area contributed by atoms with Crippen LogP contribution < -0.4 is 0 Å². The molecule has 6 nitrogen and oxygen atoms in total. The van der Waals surface area contributed by atoms with E-state index in [0.717, 1.165) is 0 Å². The van der Waals surface area contributed by atoms with Gasteiger partial charge in [-0.2, -0.15) is 0 Å². The second-order valence-electron chi connectivity index (χ2n) is 2.19. The Bertz CT molecular complexity index is 265. The SMILES string of the molecule is O=C1[N-]C(=O)C12C(=O)[N-]C2=O.[CH3-].[CH3-].[Y].[Y]. The van der Waals surface area contributed by atoms with Gasteiger partial charge in [-0.05, 0) is 0 Å². The van der Waals surface area contributed by atoms with Gasteiger partial charge in [0, 0.05) is 65.4 Å². The average Bonchev–Trinajstić information content (AvgIpc) is 1.86. The molecule has 0 aliphatic carbocycles. The molecule has 0 aromatic heterocycles. The third-order valence-electron chi connectivity index (χ3n) is 1.69. The average molecular weight is 360 g/mol. The summed E-state index contributed by atoms with van der Waals surface area (Å²) in [7, 11) is 0. The standard InChI is InChI=1S/C5H2N2O4.2CH3.2Y/c8-1-5(2(9)6-1)3(10)7-4(5)11;;;;/h(H2,6,7,8,9,10,11);2*1H3;;/q;2*-1;;/p-2. The van der Waals surface area contributed by atoms with Crippen molar-refractivity contribution in [2.24, 2.45) is 5.41 Å². The van der Waals surface area contributed by atoms with Crippen LogP contribution in [0.2, 0.25) is 0 Å². The third kappa shape index (κ3) is 2.14. The first-order valence-corrected chi connectivity index (χ1v) is 2.71. The van der Waals surface area contributed by atoms with Crippen LogP contribution in [0, 0.1) is 20.3 Å². The molecule has 1 spiro atoms. The van der Waals surface area contributed by atoms with Gasteiger partial charge in [0.25, 0.3) is 0 Å². The first kappa shape index (κ1) is 20.8. The van der Waals surface area contributed by atoms with Crippen molar-refractivity contribution in [3.8, 4) is 0 Å². The molecule has 2 rings (SSSR count). The first-order chi connectivity index (χ1) is 5.10. The van der Waals surface area contributed by atoms with Crippen LogP contribution >= 0.6 is 0 Å². The Morgan fingerprint density at radius 1 is 0.667 bits per heavy atom. The molecule has 4 amide bonds. The molecule has 0 unspecified atom stereocenters. The molecule has 15 heavy (non-hydrogen) atoms. The van der Waals surface area contributed by atoms with Gasteiger partial charge in [-0.3, -0.25) is 0 Å². The number of hydrogen-bond donors (Lipinski definition) is 0. The fourth-order valence-electron chi connectivity index (χ4n) is 0.963. The number of nitrogens with zero attached hydrogens (tertiary/aromatic N) is 2. The molecule has 2 saturated heterocycles. The number of carbonyl (C=O) groups is 4. The van der Waals surface area contributed by atoms with E-state index in [4.69, 9.17) is 0 Å². The Morgan fingerprint density at radius 3 is 0.933 bits per heavy atom. The van der Waals surface area contributed by atoms with Gasteiger partial charge in [0.05, 0.1) is 23.6 Å². The topological polar surface area (TPSA) is 96.5 Å². The summed E-state index contributed by atoms with van der Waals surface area (Å²) in [6, 6.07) is 0. The van der Waals surface area contributed by atoms with Crippen LogP contribution in [0.5, 0.6) is 0 Å². The zero-order valence-electron chi connectivity index (χ0n) is 8.18. The minimum atomic E-state index is -2.11. The van der Waals surface area contributed by atoms with Gasteiger partial charge in [0.2, 0.25) is 0 Å². The third-order valence-corrected chi connectivity index (χ3v) is 1.69. The van der Waals surface area contributed by atoms with E-state index < -0.39 is 29.0 Å². The molecule has 2 heterocycles. The van der Waals surface area contributed by atoms with Crippen molar-refractivity contribution in [1.29, 1.82) is 0 Å². The van der Waals surface area contributed by atoms with E-state index in [0.29, 0.717) is 0 Å². The van der Waals surface area contributed by atoms with Gasteiger partial charge in [0.1, 0.15) is 5.41 Å². The van der Waals surface area contributed by atoms with E-state index in [-0.39, 0.29) is 80.3 Å². The maximum atomic E-state index is 10.6. The van der Waals surface area contributed by atoms with Crippen molar-refractivity contribution in [2.75, 3.05) is 0 Å². The number of rotatable bonds is 0. The number of hydrogen-bond acceptors (Lipinski definition) is 4. The summed E-state index contributed by atoms with van der Waals surface area (Å²) in [5, 5.41) is 5.64. The van der Waals surface area contributed by atoms with E-state index in [2.05, 4.69) is 10.6 Å². The van der Waals surface area contributed by atoms with E-state index >= 15 is 0 Å². The quantitative estimate of drug-likeness (QED) is 0.338. The molecule has 2 fully saturated rings. The minimum absolute atomic E-state index is 0. The van der Waals surface area contributed by atoms with Crippen molar-refractivity contribution in [3.05, 3.63) is 25.5 Å². The fraction of sp³-hybridized carbons (Fsp3) is 0.143. The Labute approximate surface area is 137 Å². The van der Waals surface area contributed by atoms with Crippen LogP contribution in [-0.4, -0.2) is 23.6 Å². The first-order valence-electron chi connectivity index (χ1n) is 2.71. The zero-order valence-corrected chi connectivity index (χ0v) is 13.9. The molecule has 0 aromatic rings. The van der Waals surface area contributed by atoms with Gasteiger partial charge in [0.15, 0.2) is 0 Å². The van der Waals surface area contributed by atoms with Gasteiger partial charge in [-0.25, -0.2) is 0 Å². The Morgan fingerprint density at radius 2 is 0.867 bits per heavy atom. The fourth-order valence-corrected chi connectivity index (χ4v) is 0.963. The molecule has 8 heteroatoms. The molecule has 0 N–H and O–H groups in total. The number of carbonyl (C=O) groups excluding carboxylic acids is 4. The molecular formula is C7H6N2O4Y2-4. The molecule has 0 bridgehead atoms. The van der Waals surface area contributed by atoms with Crippen molar-refractivity contribution < 1.29 is 84.6 Å². The molecule has 2 aliphatic heterocycles. The molecule has 0 aromatic carbocycles. The van der Waals surface area contributed by atoms with E-state index in [1.165, 1.54) is 0 Å². The Kier molecular flexibility index (Phi) is 8.73. The van der Waals surface area contributed by atoms with Crippen LogP contribution in [0.3, 0.4) is 0 Å². The predicted molar refractivity (Wildman–Crippen MR) is 42.0 cm³/mol. The summed E-state index contributed by atoms with van der Waals surface area (Å²) in [5.74, 6) is -3.92. The van der Waals surface area contributed by atoms with Gasteiger partial charge in [-0.15, -0.1) is 0 Å². The molecule has 2 radical (unpaired) electrons. The molecule has 0 atom stereocenters. The minimum Gasteiger partial charge on any atom is -0.593 e. The molecular weight excluding hydrogens is 354 g/mol. The van der Waals surface area contributed by atoms with E-state index in [9.17, 15) is 19.2 Å². The molecule has 2 aliphatic rings. The summed E-state index contributed by atoms with van der Waals surface area (Å²) in [4.78, 5) is 42.3. The maximum absolute atomic E-state index is 10.6. The number of amides is 4. The summed E-state index contributed by atoms with van der Waals surface area (Å²) < 4.78 is 0. The molecule has 78 valence electrons.